The molecule has 6 saturated heterocycles. The van der Waals surface area contributed by atoms with Crippen molar-refractivity contribution in [2.45, 2.75) is 165 Å². The second-order valence-electron chi connectivity index (χ2n) is 25.0. The van der Waals surface area contributed by atoms with Crippen LogP contribution in [-0.4, -0.2) is 151 Å². The van der Waals surface area contributed by atoms with E-state index in [9.17, 15) is 19.8 Å². The average Bonchev–Trinajstić information content (AvgIpc) is 4.48. The number of pyridine rings is 1. The second-order valence-corrected chi connectivity index (χ2v) is 25.8. The molecule has 2 amide bonds. The molecule has 8 atom stereocenters. The van der Waals surface area contributed by atoms with Gasteiger partial charge in [0.25, 0.3) is 0 Å². The van der Waals surface area contributed by atoms with Crippen molar-refractivity contribution in [3.63, 3.8) is 0 Å². The summed E-state index contributed by atoms with van der Waals surface area (Å²) in [6.45, 7) is 12.8. The molecule has 1 aliphatic carbocycles. The minimum atomic E-state index is -0.802. The van der Waals surface area contributed by atoms with Crippen LogP contribution in [-0.2, 0) is 14.3 Å². The number of ether oxygens (including phenoxy) is 2. The summed E-state index contributed by atoms with van der Waals surface area (Å²) in [6, 6.07) is 23.7. The first kappa shape index (κ1) is 55.3. The van der Waals surface area contributed by atoms with Gasteiger partial charge in [-0.25, -0.2) is 9.97 Å². The number of nitrogens with one attached hydrogen (secondary N) is 1. The number of hydrogen-bond acceptors (Lipinski definition) is 18. The molecule has 6 aliphatic heterocycles. The maximum absolute atomic E-state index is 14.5. The second kappa shape index (κ2) is 23.3. The number of carbonyl (C=O) groups is 2. The van der Waals surface area contributed by atoms with Gasteiger partial charge in [-0.15, -0.1) is 21.5 Å². The average molecular weight is 1150 g/mol. The SMILES string of the molecule is Cc1ncsc1-c1ccc([C@H](C)NC(=O)[C@@H]2C[C@@H](O)CN2C(=O)[C@H](c2cc(N3C4CCC3CC(CN3CCC(OC5CC(Oc6cc(N7C8CC[C@@H]7CN(c7cc(-c9ccccc9O)nnc7N)C8)ccn6)C5)CC3)C4)no2)C(C)C)cc1. The number of nitrogens with two attached hydrogens (primary N) is 1. The van der Waals surface area contributed by atoms with Gasteiger partial charge in [0, 0.05) is 112 Å². The number of aryl methyl sites for hydroxylation is 1. The van der Waals surface area contributed by atoms with Crippen molar-refractivity contribution >= 4 is 46.2 Å². The number of rotatable bonds is 17. The van der Waals surface area contributed by atoms with Gasteiger partial charge in [0.15, 0.2) is 17.4 Å². The Kier molecular flexibility index (Phi) is 15.5. The van der Waals surface area contributed by atoms with E-state index in [-0.39, 0.29) is 60.8 Å². The molecule has 3 unspecified atom stereocenters. The zero-order valence-corrected chi connectivity index (χ0v) is 48.8. The highest BCUT2D eigenvalue weighted by atomic mass is 32.1. The van der Waals surface area contributed by atoms with Crippen LogP contribution in [0.4, 0.5) is 23.0 Å². The Morgan fingerprint density at radius 3 is 2.27 bits per heavy atom. The van der Waals surface area contributed by atoms with Gasteiger partial charge >= 0.3 is 0 Å². The van der Waals surface area contributed by atoms with Crippen molar-refractivity contribution in [2.24, 2.45) is 11.8 Å². The predicted molar refractivity (Wildman–Crippen MR) is 318 cm³/mol. The summed E-state index contributed by atoms with van der Waals surface area (Å²) in [5, 5.41) is 37.7. The van der Waals surface area contributed by atoms with E-state index in [1.807, 2.05) is 87.9 Å². The van der Waals surface area contributed by atoms with Crippen LogP contribution < -0.4 is 30.5 Å². The summed E-state index contributed by atoms with van der Waals surface area (Å²) in [6.07, 6.45) is 12.2. The van der Waals surface area contributed by atoms with Crippen LogP contribution in [0.1, 0.15) is 120 Å². The molecule has 6 aromatic rings. The van der Waals surface area contributed by atoms with Gasteiger partial charge < -0.3 is 59.8 Å². The number of anilines is 4. The largest absolute Gasteiger partial charge is 0.507 e. The van der Waals surface area contributed by atoms with Gasteiger partial charge in [0.2, 0.25) is 17.7 Å². The van der Waals surface area contributed by atoms with Crippen molar-refractivity contribution in [1.82, 2.24) is 40.4 Å². The number of nitrogens with zero attached hydrogens (tertiary/aromatic N) is 10. The maximum Gasteiger partial charge on any atom is 0.243 e. The van der Waals surface area contributed by atoms with Gasteiger partial charge in [0.1, 0.15) is 23.8 Å². The number of aromatic nitrogens is 5. The van der Waals surface area contributed by atoms with Crippen LogP contribution in [0.3, 0.4) is 0 Å². The van der Waals surface area contributed by atoms with Crippen molar-refractivity contribution < 1.29 is 33.8 Å². The third-order valence-electron chi connectivity index (χ3n) is 19.1. The number of phenols is 1. The van der Waals surface area contributed by atoms with Crippen LogP contribution >= 0.6 is 11.3 Å². The molecular formula is C63H78N12O7S. The Labute approximate surface area is 489 Å². The number of carbonyl (C=O) groups excluding carboxylic acids is 2. The molecule has 7 aliphatic rings. The standard InChI is InChI=1S/C63H78N12O7S/c1-36(2)59(63(79)73-34-47(76)26-54(73)62(78)67-37(3)40-9-11-41(12-10-40)60-38(4)66-35-83-60)56-30-57(70-82-56)75-42-13-14-43(75)24-39(23-42)31-71-21-18-48(19-22-71)80-49-27-50(28-49)81-58-25-44(17-20-65-58)74-45-15-16-46(74)33-72(32-45)53-29-52(68-69-61(53)64)51-7-5-6-8-55(51)77/h5-12,17,20,25,29-30,35-37,39,42-43,45-50,54,59,76-77H,13-16,18-19,21-24,26-28,31-34H2,1-4H3,(H2,64,69)(H,67,78)/t37-,39?,42?,43?,45+,46?,47+,49?,50?,54-,59-/m0/s1. The molecular weight excluding hydrogens is 1070 g/mol. The smallest absolute Gasteiger partial charge is 0.243 e. The molecule has 4 bridgehead atoms. The normalized spacial score (nSPS) is 27.0. The van der Waals surface area contributed by atoms with E-state index < -0.39 is 18.1 Å². The highest BCUT2D eigenvalue weighted by Crippen LogP contribution is 2.45. The highest BCUT2D eigenvalue weighted by Gasteiger charge is 2.47. The van der Waals surface area contributed by atoms with Gasteiger partial charge in [0.05, 0.1) is 51.8 Å². The number of nitrogen functional groups attached to an aromatic ring is 1. The number of aliphatic hydroxyl groups excluding tert-OH is 1. The number of piperazine rings is 1. The van der Waals surface area contributed by atoms with Crippen LogP contribution in [0, 0.1) is 18.8 Å². The first-order valence-corrected chi connectivity index (χ1v) is 31.1. The van der Waals surface area contributed by atoms with Crippen LogP contribution in [0.5, 0.6) is 11.6 Å². The maximum atomic E-state index is 14.5. The lowest BCUT2D eigenvalue weighted by atomic mass is 9.89. The number of thiazole rings is 1. The van der Waals surface area contributed by atoms with Gasteiger partial charge in [-0.3, -0.25) is 9.59 Å². The quantitative estimate of drug-likeness (QED) is 0.0671. The lowest BCUT2D eigenvalue weighted by Crippen LogP contribution is -2.54. The fraction of sp³-hybridized carbons (Fsp3) is 0.540. The predicted octanol–water partition coefficient (Wildman–Crippen LogP) is 8.52. The summed E-state index contributed by atoms with van der Waals surface area (Å²) < 4.78 is 19.2. The lowest BCUT2D eigenvalue weighted by Gasteiger charge is -2.43. The lowest BCUT2D eigenvalue weighted by molar-refractivity contribution is -0.141. The summed E-state index contributed by atoms with van der Waals surface area (Å²) >= 11 is 1.60. The van der Waals surface area contributed by atoms with Crippen molar-refractivity contribution in [1.29, 1.82) is 0 Å². The van der Waals surface area contributed by atoms with Gasteiger partial charge in [-0.1, -0.05) is 55.4 Å². The molecule has 10 heterocycles. The van der Waals surface area contributed by atoms with E-state index in [0.717, 1.165) is 136 Å². The van der Waals surface area contributed by atoms with Crippen molar-refractivity contribution in [3.05, 3.63) is 102 Å². The third kappa shape index (κ3) is 11.4. The molecule has 1 saturated carbocycles. The van der Waals surface area contributed by atoms with E-state index in [2.05, 4.69) is 62.4 Å². The Bertz CT molecular complexity index is 3240. The number of hydrogen-bond donors (Lipinski definition) is 4. The first-order chi connectivity index (χ1) is 40.3. The topological polar surface area (TPSA) is 225 Å². The van der Waals surface area contributed by atoms with E-state index in [0.29, 0.717) is 58.8 Å². The molecule has 2 aromatic carbocycles. The van der Waals surface area contributed by atoms with E-state index in [1.165, 1.54) is 0 Å². The Balaban J connectivity index is 0.551. The fourth-order valence-corrected chi connectivity index (χ4v) is 15.7. The molecule has 438 valence electrons. The molecule has 83 heavy (non-hydrogen) atoms. The summed E-state index contributed by atoms with van der Waals surface area (Å²) in [5.41, 5.74) is 14.5. The molecule has 19 nitrogen and oxygen atoms in total. The number of aromatic hydroxyl groups is 1. The number of phenolic OH excluding ortho intramolecular Hbond substituents is 1. The third-order valence-corrected chi connectivity index (χ3v) is 20.1. The molecule has 13 rings (SSSR count). The zero-order valence-electron chi connectivity index (χ0n) is 48.0. The van der Waals surface area contributed by atoms with Crippen LogP contribution in [0.2, 0.25) is 0 Å². The summed E-state index contributed by atoms with van der Waals surface area (Å²) in [7, 11) is 0. The monoisotopic (exact) mass is 1150 g/mol. The number of fused-ring (bicyclic) bond motifs is 4. The number of likely N-dealkylation sites (tertiary alicyclic amines) is 2. The number of piperidine rings is 2. The van der Waals surface area contributed by atoms with E-state index >= 15 is 0 Å². The molecule has 4 aromatic heterocycles. The fourth-order valence-electron chi connectivity index (χ4n) is 14.8. The Morgan fingerprint density at radius 2 is 1.55 bits per heavy atom. The minimum absolute atomic E-state index is 0.0865. The number of para-hydroxylation sites is 1. The molecule has 20 heteroatoms. The van der Waals surface area contributed by atoms with Crippen molar-refractivity contribution in [2.75, 3.05) is 59.7 Å². The summed E-state index contributed by atoms with van der Waals surface area (Å²) in [4.78, 5) is 50.1. The number of amides is 2. The Morgan fingerprint density at radius 1 is 0.819 bits per heavy atom. The number of β-amino-alcohol motifs (C(OH)–C–C–N with tert-alkyl or cyclic N) is 1. The van der Waals surface area contributed by atoms with Crippen molar-refractivity contribution in [3.8, 4) is 33.3 Å². The van der Waals surface area contributed by atoms with E-state index in [4.69, 9.17) is 19.7 Å². The van der Waals surface area contributed by atoms with Gasteiger partial charge in [-0.05, 0) is 112 Å². The molecule has 5 N–H and O–H groups in total. The summed E-state index contributed by atoms with van der Waals surface area (Å²) in [5.74, 6) is 1.84. The van der Waals surface area contributed by atoms with E-state index in [1.54, 1.807) is 28.4 Å². The number of aliphatic hydroxyl groups is 1. The molecule has 0 spiro atoms. The Hall–Kier alpha value is -6.87. The highest BCUT2D eigenvalue weighted by molar-refractivity contribution is 7.13. The van der Waals surface area contributed by atoms with Crippen LogP contribution in [0.25, 0.3) is 21.7 Å². The minimum Gasteiger partial charge on any atom is -0.507 e. The van der Waals surface area contributed by atoms with Gasteiger partial charge in [-0.2, -0.15) is 0 Å². The molecule has 0 radical (unpaired) electrons. The van der Waals surface area contributed by atoms with Crippen LogP contribution in [0.15, 0.2) is 89.0 Å². The first-order valence-electron chi connectivity index (χ1n) is 30.3. The number of benzene rings is 2. The molecule has 7 fully saturated rings. The zero-order chi connectivity index (χ0) is 57.0.